The van der Waals surface area contributed by atoms with Gasteiger partial charge < -0.3 is 56.8 Å². The maximum Gasteiger partial charge on any atom is 0.333 e. The molecule has 4 unspecified atom stereocenters. The molecule has 4 saturated heterocycles. The van der Waals surface area contributed by atoms with Gasteiger partial charge in [-0.2, -0.15) is 40.9 Å². The van der Waals surface area contributed by atoms with Crippen LogP contribution < -0.4 is 28.4 Å². The summed E-state index contributed by atoms with van der Waals surface area (Å²) in [6.07, 6.45) is 17.1. The van der Waals surface area contributed by atoms with Crippen molar-refractivity contribution in [3.8, 4) is 34.5 Å². The molecule has 4 aliphatic rings. The third-order valence-electron chi connectivity index (χ3n) is 21.2. The van der Waals surface area contributed by atoms with Crippen LogP contribution in [0.1, 0.15) is 177 Å². The maximum atomic E-state index is 14.5. The molecule has 0 spiro atoms. The van der Waals surface area contributed by atoms with Gasteiger partial charge in [0.05, 0.1) is 98.4 Å². The standard InChI is InChI=1S/C31H35FN2O5.C31H36N2O5.C28H34N2O6.C20H18N2O2/c1-21-18-27(38-23(21)3)8-5-7-17-37-30-15-12-25(20-29(30)32)34-33-24-10-13-26(14-11-24)36-16-6-4-9-28-19-22(2)31(35)39-28;1-22-20-29(37-24(22)3)8-4-6-18-35-27-14-10-25(11-15-27)32-33-26-12-16-28(17-13-26)36-19-7-5-9-30-21-23(2)31(34)38-30;1-21(2)27(31)35-19-7-5-17-33-25-13-9-23(10-14-25)29-30-24-11-15-26(16-12-24)34-18-6-8-20-36-28(32)22(3)4;1-13(2)19(23)15-5-9-17(10-6-15)21-22-18-11-7-16(8-12-18)20(24)14(3)4/h10-15,20,27-28H,1-9,16-19H2;10-17,29-30H,1-9,18-21H2;9-16H,1,3,5-8,17-20H2,2,4H3;5-12H,1,3H2,2,4H3. The van der Waals surface area contributed by atoms with E-state index in [1.54, 1.807) is 100 Å². The average Bonchev–Trinajstić information content (AvgIpc) is 1.44. The number of azo groups is 4. The van der Waals surface area contributed by atoms with Crippen LogP contribution in [0, 0.1) is 5.82 Å². The fourth-order valence-electron chi connectivity index (χ4n) is 13.4. The number of cyclic esters (lactones) is 2. The monoisotopic (exact) mass is 1860 g/mol. The second kappa shape index (κ2) is 57.0. The topological polar surface area (TPSA) is 312 Å². The van der Waals surface area contributed by atoms with E-state index in [-0.39, 0.29) is 65.6 Å². The second-order valence-electron chi connectivity index (χ2n) is 33.1. The van der Waals surface area contributed by atoms with Gasteiger partial charge in [-0.05, 0) is 335 Å². The van der Waals surface area contributed by atoms with Crippen molar-refractivity contribution in [1.82, 2.24) is 0 Å². The third kappa shape index (κ3) is 38.9. The van der Waals surface area contributed by atoms with Crippen molar-refractivity contribution in [2.24, 2.45) is 40.9 Å². The molecule has 4 fully saturated rings. The van der Waals surface area contributed by atoms with Gasteiger partial charge in [-0.3, -0.25) is 9.59 Å². The summed E-state index contributed by atoms with van der Waals surface area (Å²) in [6.45, 7) is 48.0. The highest BCUT2D eigenvalue weighted by atomic mass is 19.1. The predicted octanol–water partition coefficient (Wildman–Crippen LogP) is 28.3. The number of ether oxygens (including phenoxy) is 12. The molecule has 27 heteroatoms. The molecule has 4 aliphatic heterocycles. The minimum Gasteiger partial charge on any atom is -0.494 e. The first-order valence-corrected chi connectivity index (χ1v) is 45.9. The summed E-state index contributed by atoms with van der Waals surface area (Å²) in [5.74, 6) is 3.51. The van der Waals surface area contributed by atoms with Crippen LogP contribution in [-0.2, 0) is 47.6 Å². The first-order valence-electron chi connectivity index (χ1n) is 45.9. The second-order valence-corrected chi connectivity index (χ2v) is 33.1. The van der Waals surface area contributed by atoms with Crippen LogP contribution in [0.25, 0.3) is 0 Å². The van der Waals surface area contributed by atoms with Gasteiger partial charge in [0, 0.05) is 65.2 Å². The largest absolute Gasteiger partial charge is 0.494 e. The van der Waals surface area contributed by atoms with Gasteiger partial charge in [-0.15, -0.1) is 0 Å². The molecule has 4 atom stereocenters. The average molecular weight is 1860 g/mol. The van der Waals surface area contributed by atoms with Gasteiger partial charge in [0.25, 0.3) is 0 Å². The zero-order valence-corrected chi connectivity index (χ0v) is 78.9. The van der Waals surface area contributed by atoms with E-state index in [0.717, 1.165) is 173 Å². The Morgan fingerprint density at radius 1 is 0.299 bits per heavy atom. The molecule has 0 saturated carbocycles. The molecule has 0 bridgehead atoms. The van der Waals surface area contributed by atoms with Crippen LogP contribution in [-0.4, -0.2) is 113 Å². The van der Waals surface area contributed by atoms with Crippen LogP contribution in [0.2, 0.25) is 0 Å². The Kier molecular flexibility index (Phi) is 44.0. The van der Waals surface area contributed by atoms with Crippen LogP contribution in [0.4, 0.5) is 49.9 Å². The van der Waals surface area contributed by atoms with Gasteiger partial charge in [0.15, 0.2) is 23.1 Å². The number of esters is 4. The Bertz CT molecular complexity index is 5300. The lowest BCUT2D eigenvalue weighted by atomic mass is 10.1. The van der Waals surface area contributed by atoms with E-state index in [2.05, 4.69) is 107 Å². The number of hydrogen-bond donors (Lipinski definition) is 0. The summed E-state index contributed by atoms with van der Waals surface area (Å²) in [4.78, 5) is 68.9. The highest BCUT2D eigenvalue weighted by Crippen LogP contribution is 2.35. The highest BCUT2D eigenvalue weighted by Gasteiger charge is 2.29. The normalized spacial score (nSPS) is 15.4. The van der Waals surface area contributed by atoms with E-state index < -0.39 is 5.82 Å². The molecule has 718 valence electrons. The summed E-state index contributed by atoms with van der Waals surface area (Å²) in [6, 6.07) is 55.2. The van der Waals surface area contributed by atoms with Crippen molar-refractivity contribution in [3.63, 3.8) is 0 Å². The van der Waals surface area contributed by atoms with E-state index in [1.165, 1.54) is 6.07 Å². The number of halogens is 1. The van der Waals surface area contributed by atoms with E-state index in [0.29, 0.717) is 150 Å². The Balaban J connectivity index is 0.000000207. The van der Waals surface area contributed by atoms with E-state index in [1.807, 2.05) is 109 Å². The lowest BCUT2D eigenvalue weighted by Crippen LogP contribution is -2.07. The number of carbonyl (C=O) groups excluding carboxylic acids is 6. The number of carbonyl (C=O) groups is 6. The minimum absolute atomic E-state index is 0.0288. The quantitative estimate of drug-likeness (QED) is 0.00854. The van der Waals surface area contributed by atoms with Crippen molar-refractivity contribution in [1.29, 1.82) is 0 Å². The molecular weight excluding hydrogens is 1740 g/mol. The summed E-state index contributed by atoms with van der Waals surface area (Å²) in [7, 11) is 0. The SMILES string of the molecule is C=C(C)C(=O)OCCCCOc1ccc(N=Nc2ccc(OCCCCOC(=O)C(=C)C)cc2)cc1.C=C(C)C(=O)c1ccc(N=Nc2ccc(C(=O)C(=C)C)cc2)cc1.C=C1CC(CCCCOc2ccc(N=Nc3ccc(OCCCCC4CC(=C)C(=O)O4)cc3)cc2)OC1=C.C=C1CC(CCCCOc2ccc(N=Nc3ccc(OCCCCC4CC(=C)C(=O)O4)cc3)cc2F)OC1=C. The lowest BCUT2D eigenvalue weighted by Gasteiger charge is -2.10. The zero-order chi connectivity index (χ0) is 98.2. The van der Waals surface area contributed by atoms with Crippen molar-refractivity contribution in [2.45, 2.75) is 181 Å². The lowest BCUT2D eigenvalue weighted by molar-refractivity contribution is -0.140. The Morgan fingerprint density at radius 3 is 0.774 bits per heavy atom. The minimum atomic E-state index is -0.474. The molecule has 12 rings (SSSR count). The number of benzene rings is 8. The number of unbranched alkanes of at least 4 members (excludes halogenated alkanes) is 6. The van der Waals surface area contributed by atoms with Crippen molar-refractivity contribution < 1.29 is 90.0 Å². The van der Waals surface area contributed by atoms with E-state index in [9.17, 15) is 33.2 Å². The summed E-state index contributed by atoms with van der Waals surface area (Å²) >= 11 is 0. The van der Waals surface area contributed by atoms with Crippen LogP contribution in [0.5, 0.6) is 34.5 Å². The molecule has 4 heterocycles. The van der Waals surface area contributed by atoms with Gasteiger partial charge in [-0.25, -0.2) is 23.6 Å². The van der Waals surface area contributed by atoms with Crippen molar-refractivity contribution >= 4 is 80.9 Å². The number of ketones is 2. The molecule has 0 N–H and O–H groups in total. The number of nitrogens with zero attached hydrogens (tertiary/aromatic N) is 8. The van der Waals surface area contributed by atoms with Gasteiger partial charge in [-0.1, -0.05) is 65.8 Å². The molecule has 0 radical (unpaired) electrons. The first-order chi connectivity index (χ1) is 66.1. The Hall–Kier alpha value is -14.9. The smallest absolute Gasteiger partial charge is 0.333 e. The molecule has 8 aromatic carbocycles. The molecule has 8 aromatic rings. The molecule has 0 amide bonds. The van der Waals surface area contributed by atoms with Gasteiger partial charge in [0.2, 0.25) is 0 Å². The van der Waals surface area contributed by atoms with Crippen molar-refractivity contribution in [3.05, 3.63) is 327 Å². The first kappa shape index (κ1) is 106. The number of hydrogen-bond acceptors (Lipinski definition) is 26. The van der Waals surface area contributed by atoms with Crippen LogP contribution in [0.15, 0.2) is 351 Å². The predicted molar refractivity (Wildman–Crippen MR) is 528 cm³/mol. The molecular formula is C110H123FN8O18. The maximum absolute atomic E-state index is 14.5. The number of allylic oxidation sites excluding steroid dienone is 4. The van der Waals surface area contributed by atoms with Gasteiger partial charge in [0.1, 0.15) is 64.7 Å². The molecule has 0 aliphatic carbocycles. The summed E-state index contributed by atoms with van der Waals surface area (Å²) < 4.78 is 80.7. The van der Waals surface area contributed by atoms with Crippen LogP contribution in [0.3, 0.4) is 0 Å². The van der Waals surface area contributed by atoms with E-state index >= 15 is 0 Å². The Labute approximate surface area is 802 Å². The number of Topliss-reactive ketones (excluding diaryl/α,β-unsaturated/α-hetero) is 2. The summed E-state index contributed by atoms with van der Waals surface area (Å²) in [5.41, 5.74) is 11.3. The highest BCUT2D eigenvalue weighted by molar-refractivity contribution is 6.08. The Morgan fingerprint density at radius 2 is 0.533 bits per heavy atom. The number of rotatable bonds is 50. The summed E-state index contributed by atoms with van der Waals surface area (Å²) in [5, 5.41) is 33.7. The fraction of sp³-hybridized carbons (Fsp3) is 0.327. The van der Waals surface area contributed by atoms with E-state index in [4.69, 9.17) is 56.8 Å². The fourth-order valence-corrected chi connectivity index (χ4v) is 13.4. The van der Waals surface area contributed by atoms with Gasteiger partial charge >= 0.3 is 23.9 Å². The van der Waals surface area contributed by atoms with Crippen LogP contribution >= 0.6 is 0 Å². The third-order valence-corrected chi connectivity index (χ3v) is 21.2. The molecule has 137 heavy (non-hydrogen) atoms. The molecule has 26 nitrogen and oxygen atoms in total. The zero-order valence-electron chi connectivity index (χ0n) is 78.9. The molecule has 0 aromatic heterocycles. The van der Waals surface area contributed by atoms with Crippen molar-refractivity contribution in [2.75, 3.05) is 52.9 Å².